The molecule has 0 aromatic heterocycles. The van der Waals surface area contributed by atoms with E-state index in [1.54, 1.807) is 12.1 Å². The minimum absolute atomic E-state index is 0.0959. The van der Waals surface area contributed by atoms with Crippen molar-refractivity contribution in [3.8, 4) is 0 Å². The number of rotatable bonds is 3. The Morgan fingerprint density at radius 3 is 2.38 bits per heavy atom. The third-order valence-corrected chi connectivity index (χ3v) is 2.51. The van der Waals surface area contributed by atoms with E-state index in [9.17, 15) is 14.7 Å². The second-order valence-corrected chi connectivity index (χ2v) is 4.35. The Hall–Kier alpha value is -1.37. The molecule has 0 radical (unpaired) electrons. The molecule has 0 spiro atoms. The highest BCUT2D eigenvalue weighted by atomic mass is 127. The van der Waals surface area contributed by atoms with Crippen LogP contribution in [0.5, 0.6) is 0 Å². The molecule has 1 rings (SSSR count). The van der Waals surface area contributed by atoms with E-state index in [2.05, 4.69) is 27.9 Å². The Labute approximate surface area is 106 Å². The third-order valence-electron chi connectivity index (χ3n) is 1.79. The van der Waals surface area contributed by atoms with Crippen LogP contribution in [-0.2, 0) is 9.59 Å². The number of benzene rings is 1. The Balaban J connectivity index is 2.71. The maximum Gasteiger partial charge on any atom is 0.251 e. The van der Waals surface area contributed by atoms with Gasteiger partial charge in [0, 0.05) is 14.8 Å². The van der Waals surface area contributed by atoms with E-state index >= 15 is 0 Å². The van der Waals surface area contributed by atoms with Crippen molar-refractivity contribution in [2.24, 2.45) is 0 Å². The van der Waals surface area contributed by atoms with Crippen molar-refractivity contribution in [2.75, 3.05) is 5.32 Å². The molecule has 4 nitrogen and oxygen atoms in total. The molecule has 0 fully saturated rings. The van der Waals surface area contributed by atoms with Crippen LogP contribution in [0.3, 0.4) is 0 Å². The van der Waals surface area contributed by atoms with Crippen LogP contribution in [0.4, 0.5) is 5.69 Å². The molecule has 1 aromatic carbocycles. The highest BCUT2D eigenvalue weighted by Crippen LogP contribution is 2.11. The van der Waals surface area contributed by atoms with E-state index in [4.69, 9.17) is 0 Å². The number of carbonyl (C=O) groups excluding carboxylic acids is 2. The van der Waals surface area contributed by atoms with Crippen LogP contribution in [0, 0.1) is 3.57 Å². The zero-order chi connectivity index (χ0) is 12.1. The molecule has 0 saturated carbocycles. The van der Waals surface area contributed by atoms with Gasteiger partial charge in [-0.05, 0) is 59.9 Å². The second kappa shape index (κ2) is 5.64. The number of anilines is 1. The van der Waals surface area contributed by atoms with Crippen molar-refractivity contribution in [1.29, 1.82) is 0 Å². The summed E-state index contributed by atoms with van der Waals surface area (Å²) < 4.78 is 1.05. The van der Waals surface area contributed by atoms with Gasteiger partial charge in [0.2, 0.25) is 0 Å². The summed E-state index contributed by atoms with van der Waals surface area (Å²) in [7, 11) is 0. The first-order valence-corrected chi connectivity index (χ1v) is 5.53. The van der Waals surface area contributed by atoms with Crippen LogP contribution in [0.1, 0.15) is 6.92 Å². The first kappa shape index (κ1) is 12.7. The average molecular weight is 330 g/mol. The third kappa shape index (κ3) is 4.01. The van der Waals surface area contributed by atoms with Gasteiger partial charge in [0.15, 0.2) is 0 Å². The lowest BCUT2D eigenvalue weighted by Crippen LogP contribution is -2.22. The van der Waals surface area contributed by atoms with Gasteiger partial charge in [-0.2, -0.15) is 0 Å². The predicted octanol–water partition coefficient (Wildman–Crippen LogP) is 0.926. The molecule has 5 heteroatoms. The highest BCUT2D eigenvalue weighted by molar-refractivity contribution is 14.1. The van der Waals surface area contributed by atoms with Crippen LogP contribution in [-0.4, -0.2) is 11.9 Å². The van der Waals surface area contributed by atoms with Crippen molar-refractivity contribution in [3.63, 3.8) is 0 Å². The summed E-state index contributed by atoms with van der Waals surface area (Å²) in [4.78, 5) is 21.7. The van der Waals surface area contributed by atoms with Crippen LogP contribution < -0.4 is 10.4 Å². The molecule has 16 heavy (non-hydrogen) atoms. The topological polar surface area (TPSA) is 69.2 Å². The van der Waals surface area contributed by atoms with Gasteiger partial charge < -0.3 is 15.2 Å². The normalized spacial score (nSPS) is 11.0. The molecule has 0 aliphatic rings. The van der Waals surface area contributed by atoms with Crippen molar-refractivity contribution >= 4 is 40.2 Å². The molecule has 0 saturated heterocycles. The largest absolute Gasteiger partial charge is 0.545 e. The number of carbonyl (C=O) groups is 2. The monoisotopic (exact) mass is 330 g/mol. The maximum absolute atomic E-state index is 11.5. The van der Waals surface area contributed by atoms with Crippen molar-refractivity contribution in [1.82, 2.24) is 0 Å². The Kier molecular flexibility index (Phi) is 4.48. The molecule has 0 aliphatic carbocycles. The second-order valence-electron chi connectivity index (χ2n) is 3.11. The van der Waals surface area contributed by atoms with Gasteiger partial charge in [-0.3, -0.25) is 4.79 Å². The molecule has 0 atom stereocenters. The van der Waals surface area contributed by atoms with E-state index < -0.39 is 11.9 Å². The van der Waals surface area contributed by atoms with Crippen LogP contribution in [0.15, 0.2) is 35.9 Å². The van der Waals surface area contributed by atoms with Gasteiger partial charge in [-0.25, -0.2) is 0 Å². The van der Waals surface area contributed by atoms with Gasteiger partial charge in [-0.1, -0.05) is 0 Å². The van der Waals surface area contributed by atoms with Gasteiger partial charge >= 0.3 is 0 Å². The van der Waals surface area contributed by atoms with Crippen LogP contribution >= 0.6 is 22.6 Å². The van der Waals surface area contributed by atoms with E-state index in [1.807, 2.05) is 12.1 Å². The summed E-state index contributed by atoms with van der Waals surface area (Å²) in [5.74, 6) is -1.83. The van der Waals surface area contributed by atoms with Gasteiger partial charge in [0.05, 0.1) is 5.97 Å². The van der Waals surface area contributed by atoms with Crippen molar-refractivity contribution < 1.29 is 14.7 Å². The Morgan fingerprint density at radius 1 is 1.31 bits per heavy atom. The fourth-order valence-corrected chi connectivity index (χ4v) is 1.36. The van der Waals surface area contributed by atoms with E-state index in [1.165, 1.54) is 6.92 Å². The highest BCUT2D eigenvalue weighted by Gasteiger charge is 2.04. The summed E-state index contributed by atoms with van der Waals surface area (Å²) in [6.45, 7) is 1.41. The van der Waals surface area contributed by atoms with E-state index in [0.717, 1.165) is 9.65 Å². The quantitative estimate of drug-likeness (QED) is 0.662. The molecule has 1 aromatic rings. The Bertz CT molecular complexity index is 437. The van der Waals surface area contributed by atoms with Crippen LogP contribution in [0.2, 0.25) is 0 Å². The number of hydrogen-bond donors (Lipinski definition) is 1. The summed E-state index contributed by atoms with van der Waals surface area (Å²) in [5.41, 5.74) is 0.718. The van der Waals surface area contributed by atoms with Crippen LogP contribution in [0.25, 0.3) is 0 Å². The van der Waals surface area contributed by atoms with Gasteiger partial charge in [0.25, 0.3) is 5.91 Å². The molecular formula is C11H9INO3-. The summed E-state index contributed by atoms with van der Waals surface area (Å²) in [5, 5.41) is 12.8. The molecule has 0 heterocycles. The van der Waals surface area contributed by atoms with E-state index in [0.29, 0.717) is 5.69 Å². The van der Waals surface area contributed by atoms with E-state index in [-0.39, 0.29) is 5.57 Å². The lowest BCUT2D eigenvalue weighted by atomic mass is 10.2. The summed E-state index contributed by atoms with van der Waals surface area (Å²) in [6, 6.07) is 7.17. The molecule has 1 N–H and O–H groups in total. The van der Waals surface area contributed by atoms with Crippen molar-refractivity contribution in [3.05, 3.63) is 39.5 Å². The summed E-state index contributed by atoms with van der Waals surface area (Å²) in [6.07, 6.45) is 0.766. The number of carboxylic acid groups (broad SMARTS) is 1. The van der Waals surface area contributed by atoms with Crippen molar-refractivity contribution in [2.45, 2.75) is 6.92 Å². The first-order valence-electron chi connectivity index (χ1n) is 4.45. The standard InChI is InChI=1S/C11H10INO3/c1-7(6-10(14)15)11(16)13-9-4-2-8(12)3-5-9/h2-6H,1H3,(H,13,16)(H,14,15)/p-1/b7-6-. The molecule has 1 amide bonds. The molecule has 84 valence electrons. The first-order chi connectivity index (χ1) is 7.49. The summed E-state index contributed by atoms with van der Waals surface area (Å²) >= 11 is 2.15. The molecular weight excluding hydrogens is 321 g/mol. The number of amides is 1. The SMILES string of the molecule is C/C(=C/C(=O)[O-])C(=O)Nc1ccc(I)cc1. The Morgan fingerprint density at radius 2 is 1.88 bits per heavy atom. The smallest absolute Gasteiger partial charge is 0.251 e. The van der Waals surface area contributed by atoms with Gasteiger partial charge in [-0.15, -0.1) is 0 Å². The number of halogens is 1. The average Bonchev–Trinajstić information content (AvgIpc) is 2.20. The lowest BCUT2D eigenvalue weighted by molar-refractivity contribution is -0.297. The number of nitrogens with one attached hydrogen (secondary N) is 1. The fourth-order valence-electron chi connectivity index (χ4n) is 1.01. The molecule has 0 bridgehead atoms. The number of aliphatic carboxylic acids is 1. The molecule has 0 aliphatic heterocycles. The fraction of sp³-hybridized carbons (Fsp3) is 0.0909. The number of hydrogen-bond acceptors (Lipinski definition) is 3. The lowest BCUT2D eigenvalue weighted by Gasteiger charge is -2.05. The minimum atomic E-state index is -1.38. The van der Waals surface area contributed by atoms with Gasteiger partial charge in [0.1, 0.15) is 0 Å². The number of carboxylic acids is 1. The maximum atomic E-state index is 11.5. The zero-order valence-electron chi connectivity index (χ0n) is 8.49. The zero-order valence-corrected chi connectivity index (χ0v) is 10.6. The minimum Gasteiger partial charge on any atom is -0.545 e. The molecule has 0 unspecified atom stereocenters. The predicted molar refractivity (Wildman–Crippen MR) is 66.6 cm³/mol.